The lowest BCUT2D eigenvalue weighted by atomic mass is 10.2. The van der Waals surface area contributed by atoms with E-state index in [0.29, 0.717) is 5.69 Å². The van der Waals surface area contributed by atoms with Crippen LogP contribution in [0, 0.1) is 9.39 Å². The molecule has 110 valence electrons. The Morgan fingerprint density at radius 3 is 2.38 bits per heavy atom. The summed E-state index contributed by atoms with van der Waals surface area (Å²) in [6.07, 6.45) is 0. The van der Waals surface area contributed by atoms with E-state index in [1.165, 1.54) is 0 Å². The molecule has 0 aliphatic rings. The first kappa shape index (κ1) is 16.1. The third-order valence-corrected chi connectivity index (χ3v) is 4.93. The molecule has 0 saturated heterocycles. The summed E-state index contributed by atoms with van der Waals surface area (Å²) < 4.78 is 41.4. The van der Waals surface area contributed by atoms with Gasteiger partial charge >= 0.3 is 0 Å². The molecule has 3 N–H and O–H groups in total. The zero-order valence-corrected chi connectivity index (χ0v) is 14.3. The lowest BCUT2D eigenvalue weighted by Crippen LogP contribution is -2.16. The first-order valence-electron chi connectivity index (χ1n) is 5.67. The first-order valence-corrected chi connectivity index (χ1v) is 8.64. The van der Waals surface area contributed by atoms with Crippen LogP contribution in [-0.4, -0.2) is 13.4 Å². The van der Waals surface area contributed by atoms with E-state index in [4.69, 9.17) is 18.0 Å². The van der Waals surface area contributed by atoms with Crippen molar-refractivity contribution in [2.75, 3.05) is 4.72 Å². The average Bonchev–Trinajstić information content (AvgIpc) is 2.41. The maximum atomic E-state index is 13.5. The minimum Gasteiger partial charge on any atom is -0.389 e. The van der Waals surface area contributed by atoms with Crippen molar-refractivity contribution in [3.63, 3.8) is 0 Å². The number of sulfonamides is 1. The van der Waals surface area contributed by atoms with Crippen LogP contribution in [0.2, 0.25) is 0 Å². The van der Waals surface area contributed by atoms with Gasteiger partial charge in [-0.2, -0.15) is 0 Å². The Bertz CT molecular complexity index is 792. The van der Waals surface area contributed by atoms with Gasteiger partial charge in [-0.25, -0.2) is 12.8 Å². The second kappa shape index (κ2) is 6.24. The van der Waals surface area contributed by atoms with Gasteiger partial charge in [0.2, 0.25) is 0 Å². The van der Waals surface area contributed by atoms with Crippen LogP contribution in [0.3, 0.4) is 0 Å². The third kappa shape index (κ3) is 3.89. The normalized spacial score (nSPS) is 11.1. The van der Waals surface area contributed by atoms with Crippen molar-refractivity contribution >= 4 is 55.5 Å². The fraction of sp³-hybridized carbons (Fsp3) is 0. The predicted molar refractivity (Wildman–Crippen MR) is 92.3 cm³/mol. The maximum Gasteiger partial charge on any atom is 0.261 e. The summed E-state index contributed by atoms with van der Waals surface area (Å²) in [5, 5.41) is 0. The third-order valence-electron chi connectivity index (χ3n) is 2.61. The SMILES string of the molecule is NC(=S)c1cc(S(=O)(=O)Nc2ccc(I)cc2)ccc1F. The Morgan fingerprint density at radius 1 is 1.19 bits per heavy atom. The molecule has 2 rings (SSSR count). The van der Waals surface area contributed by atoms with Crippen LogP contribution >= 0.6 is 34.8 Å². The zero-order chi connectivity index (χ0) is 15.6. The standard InChI is InChI=1S/C13H10FIN2O2S2/c14-12-6-5-10(7-11(12)13(16)20)21(18,19)17-9-3-1-8(15)2-4-9/h1-7,17H,(H2,16,20). The molecule has 4 nitrogen and oxygen atoms in total. The van der Waals surface area contributed by atoms with E-state index in [9.17, 15) is 12.8 Å². The molecule has 2 aromatic carbocycles. The molecule has 0 atom stereocenters. The fourth-order valence-corrected chi connectivity index (χ4v) is 3.19. The van der Waals surface area contributed by atoms with Crippen molar-refractivity contribution in [1.29, 1.82) is 0 Å². The summed E-state index contributed by atoms with van der Waals surface area (Å²) >= 11 is 6.81. The van der Waals surface area contributed by atoms with Crippen LogP contribution in [0.15, 0.2) is 47.4 Å². The van der Waals surface area contributed by atoms with Crippen LogP contribution in [0.1, 0.15) is 5.56 Å². The highest BCUT2D eigenvalue weighted by molar-refractivity contribution is 14.1. The number of nitrogens with one attached hydrogen (secondary N) is 1. The van der Waals surface area contributed by atoms with Gasteiger partial charge in [0.1, 0.15) is 10.8 Å². The van der Waals surface area contributed by atoms with Crippen molar-refractivity contribution in [1.82, 2.24) is 0 Å². The van der Waals surface area contributed by atoms with Gasteiger partial charge in [-0.1, -0.05) is 12.2 Å². The van der Waals surface area contributed by atoms with Crippen molar-refractivity contribution in [2.45, 2.75) is 4.90 Å². The summed E-state index contributed by atoms with van der Waals surface area (Å²) in [5.74, 6) is -0.657. The molecule has 21 heavy (non-hydrogen) atoms. The second-order valence-electron chi connectivity index (χ2n) is 4.12. The van der Waals surface area contributed by atoms with E-state index >= 15 is 0 Å². The molecular weight excluding hydrogens is 426 g/mol. The Labute approximate surface area is 140 Å². The number of nitrogens with two attached hydrogens (primary N) is 1. The summed E-state index contributed by atoms with van der Waals surface area (Å²) in [4.78, 5) is -0.302. The molecule has 2 aromatic rings. The highest BCUT2D eigenvalue weighted by Gasteiger charge is 2.17. The molecule has 0 bridgehead atoms. The van der Waals surface area contributed by atoms with Crippen molar-refractivity contribution in [3.05, 3.63) is 57.4 Å². The Kier molecular flexibility index (Phi) is 4.79. The smallest absolute Gasteiger partial charge is 0.261 e. The van der Waals surface area contributed by atoms with E-state index in [0.717, 1.165) is 21.8 Å². The molecule has 0 aromatic heterocycles. The van der Waals surface area contributed by atoms with Crippen LogP contribution in [-0.2, 0) is 10.0 Å². The Hall–Kier alpha value is -1.26. The van der Waals surface area contributed by atoms with Crippen LogP contribution in [0.4, 0.5) is 10.1 Å². The molecule has 0 saturated carbocycles. The summed E-state index contributed by atoms with van der Waals surface area (Å²) in [7, 11) is -3.83. The van der Waals surface area contributed by atoms with Crippen molar-refractivity contribution in [2.24, 2.45) is 5.73 Å². The van der Waals surface area contributed by atoms with Crippen LogP contribution in [0.5, 0.6) is 0 Å². The molecule has 8 heteroatoms. The van der Waals surface area contributed by atoms with Gasteiger partial charge in [0, 0.05) is 14.8 Å². The minimum absolute atomic E-state index is 0.101. The lowest BCUT2D eigenvalue weighted by Gasteiger charge is -2.10. The predicted octanol–water partition coefficient (Wildman–Crippen LogP) is 2.87. The van der Waals surface area contributed by atoms with E-state index in [1.807, 2.05) is 0 Å². The number of thiocarbonyl (C=S) groups is 1. The monoisotopic (exact) mass is 436 g/mol. The summed E-state index contributed by atoms with van der Waals surface area (Å²) in [6, 6.07) is 10.1. The van der Waals surface area contributed by atoms with E-state index in [1.54, 1.807) is 24.3 Å². The van der Waals surface area contributed by atoms with Crippen LogP contribution in [0.25, 0.3) is 0 Å². The molecule has 0 spiro atoms. The molecule has 0 aliphatic carbocycles. The van der Waals surface area contributed by atoms with Gasteiger partial charge < -0.3 is 5.73 Å². The molecule has 0 unspecified atom stereocenters. The summed E-state index contributed by atoms with van der Waals surface area (Å²) in [6.45, 7) is 0. The number of hydrogen-bond donors (Lipinski definition) is 2. The quantitative estimate of drug-likeness (QED) is 0.571. The number of hydrogen-bond acceptors (Lipinski definition) is 3. The van der Waals surface area contributed by atoms with Gasteiger partial charge in [-0.15, -0.1) is 0 Å². The highest BCUT2D eigenvalue weighted by Crippen LogP contribution is 2.19. The van der Waals surface area contributed by atoms with Crippen LogP contribution < -0.4 is 10.5 Å². The van der Waals surface area contributed by atoms with Gasteiger partial charge in [0.25, 0.3) is 10.0 Å². The Balaban J connectivity index is 2.38. The molecule has 0 radical (unpaired) electrons. The maximum absolute atomic E-state index is 13.5. The largest absolute Gasteiger partial charge is 0.389 e. The van der Waals surface area contributed by atoms with Gasteiger partial charge in [0.15, 0.2) is 0 Å². The molecule has 0 amide bonds. The molecule has 0 aliphatic heterocycles. The molecule has 0 fully saturated rings. The fourth-order valence-electron chi connectivity index (χ4n) is 1.59. The lowest BCUT2D eigenvalue weighted by molar-refractivity contribution is 0.599. The summed E-state index contributed by atoms with van der Waals surface area (Å²) in [5.41, 5.74) is 5.68. The molecule has 0 heterocycles. The Morgan fingerprint density at radius 2 is 1.81 bits per heavy atom. The van der Waals surface area contributed by atoms with Gasteiger partial charge in [-0.05, 0) is 65.1 Å². The number of halogens is 2. The van der Waals surface area contributed by atoms with Gasteiger partial charge in [-0.3, -0.25) is 4.72 Å². The number of anilines is 1. The zero-order valence-electron chi connectivity index (χ0n) is 10.5. The highest BCUT2D eigenvalue weighted by atomic mass is 127. The average molecular weight is 436 g/mol. The topological polar surface area (TPSA) is 72.2 Å². The van der Waals surface area contributed by atoms with E-state index < -0.39 is 15.8 Å². The van der Waals surface area contributed by atoms with Crippen molar-refractivity contribution in [3.8, 4) is 0 Å². The van der Waals surface area contributed by atoms with Crippen molar-refractivity contribution < 1.29 is 12.8 Å². The van der Waals surface area contributed by atoms with E-state index in [2.05, 4.69) is 27.3 Å². The second-order valence-corrected chi connectivity index (χ2v) is 7.49. The number of benzene rings is 2. The minimum atomic E-state index is -3.83. The molecular formula is C13H10FIN2O2S2. The van der Waals surface area contributed by atoms with Gasteiger partial charge in [0.05, 0.1) is 4.90 Å². The number of rotatable bonds is 4. The van der Waals surface area contributed by atoms with E-state index in [-0.39, 0.29) is 15.4 Å². The first-order chi connectivity index (χ1) is 9.79.